The highest BCUT2D eigenvalue weighted by Crippen LogP contribution is 2.19. The molecule has 1 atom stereocenters. The maximum absolute atomic E-state index is 12.9. The van der Waals surface area contributed by atoms with E-state index in [1.165, 1.54) is 212 Å². The van der Waals surface area contributed by atoms with Gasteiger partial charge in [-0.25, -0.2) is 0 Å². The molecule has 0 fully saturated rings. The molecule has 6 heteroatoms. The maximum Gasteiger partial charge on any atom is 0.306 e. The molecule has 0 unspecified atom stereocenters. The molecule has 0 rings (SSSR count). The minimum absolute atomic E-state index is 0.0634. The number of carbonyl (C=O) groups excluding carboxylic acids is 3. The summed E-state index contributed by atoms with van der Waals surface area (Å²) in [7, 11) is 0. The van der Waals surface area contributed by atoms with Gasteiger partial charge in [0.15, 0.2) is 6.10 Å². The number of unbranched alkanes of at least 4 members (excludes halogenated alkanes) is 36. The summed E-state index contributed by atoms with van der Waals surface area (Å²) in [6, 6.07) is 0. The second kappa shape index (κ2) is 51.3. The van der Waals surface area contributed by atoms with Crippen LogP contribution in [0.15, 0.2) is 0 Å². The molecule has 0 heterocycles. The van der Waals surface area contributed by atoms with Gasteiger partial charge in [-0.2, -0.15) is 0 Å². The molecule has 0 aliphatic heterocycles. The molecule has 0 aliphatic rings. The van der Waals surface area contributed by atoms with Gasteiger partial charge in [0.05, 0.1) is 0 Å². The zero-order valence-electron chi connectivity index (χ0n) is 45.5. The Balaban J connectivity index is 4.29. The van der Waals surface area contributed by atoms with Crippen molar-refractivity contribution in [3.05, 3.63) is 0 Å². The first-order valence-electron chi connectivity index (χ1n) is 29.6. The van der Waals surface area contributed by atoms with Crippen LogP contribution in [0.2, 0.25) is 0 Å². The van der Waals surface area contributed by atoms with Gasteiger partial charge in [0.2, 0.25) is 0 Å². The molecule has 0 aromatic rings. The average molecular weight is 934 g/mol. The first kappa shape index (κ1) is 64.4. The summed E-state index contributed by atoms with van der Waals surface area (Å²) in [5.74, 6) is 1.67. The second-order valence-electron chi connectivity index (χ2n) is 22.1. The van der Waals surface area contributed by atoms with Gasteiger partial charge in [0.25, 0.3) is 0 Å². The van der Waals surface area contributed by atoms with Crippen LogP contribution >= 0.6 is 0 Å². The van der Waals surface area contributed by atoms with Crippen LogP contribution in [-0.4, -0.2) is 37.2 Å². The van der Waals surface area contributed by atoms with E-state index in [0.717, 1.165) is 75.5 Å². The lowest BCUT2D eigenvalue weighted by atomic mass is 10.0. The van der Waals surface area contributed by atoms with Gasteiger partial charge in [0.1, 0.15) is 13.2 Å². The fourth-order valence-corrected chi connectivity index (χ4v) is 9.18. The molecule has 0 aromatic carbocycles. The lowest BCUT2D eigenvalue weighted by Gasteiger charge is -2.18. The van der Waals surface area contributed by atoms with Gasteiger partial charge in [-0.3, -0.25) is 14.4 Å². The van der Waals surface area contributed by atoms with Crippen molar-refractivity contribution in [2.24, 2.45) is 17.8 Å². The molecule has 0 saturated heterocycles. The number of esters is 3. The molecule has 0 aromatic heterocycles. The summed E-state index contributed by atoms with van der Waals surface area (Å²) >= 11 is 0. The summed E-state index contributed by atoms with van der Waals surface area (Å²) in [4.78, 5) is 38.2. The lowest BCUT2D eigenvalue weighted by Crippen LogP contribution is -2.30. The second-order valence-corrected chi connectivity index (χ2v) is 22.1. The molecule has 0 amide bonds. The van der Waals surface area contributed by atoms with Crippen LogP contribution in [0.4, 0.5) is 0 Å². The highest BCUT2D eigenvalue weighted by atomic mass is 16.6. The van der Waals surface area contributed by atoms with Crippen molar-refractivity contribution < 1.29 is 28.6 Å². The van der Waals surface area contributed by atoms with E-state index in [4.69, 9.17) is 14.2 Å². The number of hydrogen-bond acceptors (Lipinski definition) is 6. The van der Waals surface area contributed by atoms with Gasteiger partial charge >= 0.3 is 17.9 Å². The molecule has 0 saturated carbocycles. The van der Waals surface area contributed by atoms with Crippen LogP contribution < -0.4 is 0 Å². The monoisotopic (exact) mass is 933 g/mol. The molecular weight excluding hydrogens is 817 g/mol. The number of hydrogen-bond donors (Lipinski definition) is 0. The zero-order valence-corrected chi connectivity index (χ0v) is 45.5. The third-order valence-electron chi connectivity index (χ3n) is 13.6. The predicted octanol–water partition coefficient (Wildman–Crippen LogP) is 19.5. The zero-order chi connectivity index (χ0) is 48.4. The quantitative estimate of drug-likeness (QED) is 0.0343. The van der Waals surface area contributed by atoms with Crippen molar-refractivity contribution in [2.45, 2.75) is 337 Å². The van der Waals surface area contributed by atoms with E-state index in [1.54, 1.807) is 0 Å². The van der Waals surface area contributed by atoms with Crippen LogP contribution in [0.1, 0.15) is 330 Å². The largest absolute Gasteiger partial charge is 0.462 e. The Kier molecular flexibility index (Phi) is 50.0. The van der Waals surface area contributed by atoms with Crippen molar-refractivity contribution in [2.75, 3.05) is 13.2 Å². The summed E-state index contributed by atoms with van der Waals surface area (Å²) in [5, 5.41) is 0. The molecule has 0 aliphatic carbocycles. The van der Waals surface area contributed by atoms with Crippen LogP contribution in [-0.2, 0) is 28.6 Å². The van der Waals surface area contributed by atoms with E-state index >= 15 is 0 Å². The number of rotatable bonds is 53. The van der Waals surface area contributed by atoms with E-state index in [0.29, 0.717) is 19.3 Å². The van der Waals surface area contributed by atoms with E-state index in [1.807, 2.05) is 0 Å². The van der Waals surface area contributed by atoms with E-state index in [-0.39, 0.29) is 31.1 Å². The fraction of sp³-hybridized carbons (Fsp3) is 0.950. The fourth-order valence-electron chi connectivity index (χ4n) is 9.18. The van der Waals surface area contributed by atoms with Gasteiger partial charge in [0, 0.05) is 19.3 Å². The van der Waals surface area contributed by atoms with Gasteiger partial charge < -0.3 is 14.2 Å². The van der Waals surface area contributed by atoms with Gasteiger partial charge in [-0.05, 0) is 37.0 Å². The third kappa shape index (κ3) is 53.4. The Labute approximate surface area is 412 Å². The summed E-state index contributed by atoms with van der Waals surface area (Å²) in [6.07, 6.45) is 53.8. The first-order chi connectivity index (χ1) is 32.1. The van der Waals surface area contributed by atoms with E-state index in [2.05, 4.69) is 41.5 Å². The highest BCUT2D eigenvalue weighted by Gasteiger charge is 2.19. The van der Waals surface area contributed by atoms with Crippen molar-refractivity contribution in [1.29, 1.82) is 0 Å². The molecule has 0 spiro atoms. The standard InChI is InChI=1S/C60H116O6/c1-54(2)46-40-34-28-22-16-11-9-7-8-10-12-20-27-33-39-45-51-60(63)66-57(53-65-59(62)50-44-38-32-26-21-15-18-24-30-36-42-48-56(5)6)52-64-58(61)49-43-37-31-25-19-14-13-17-23-29-35-41-47-55(3)4/h54-57H,7-53H2,1-6H3/t57-/m0/s1. The third-order valence-corrected chi connectivity index (χ3v) is 13.6. The Bertz CT molecular complexity index is 1020. The maximum atomic E-state index is 12.9. The van der Waals surface area contributed by atoms with Crippen LogP contribution in [0, 0.1) is 17.8 Å². The van der Waals surface area contributed by atoms with Gasteiger partial charge in [-0.15, -0.1) is 0 Å². The first-order valence-corrected chi connectivity index (χ1v) is 29.6. The topological polar surface area (TPSA) is 78.9 Å². The van der Waals surface area contributed by atoms with Crippen LogP contribution in [0.3, 0.4) is 0 Å². The molecule has 0 N–H and O–H groups in total. The minimum atomic E-state index is -0.764. The SMILES string of the molecule is CC(C)CCCCCCCCCCCCCCCCCCC(=O)O[C@@H](COC(=O)CCCCCCCCCCCCCCC(C)C)COC(=O)CCCCCCCCCCCCCC(C)C. The van der Waals surface area contributed by atoms with Crippen molar-refractivity contribution in [1.82, 2.24) is 0 Å². The average Bonchev–Trinajstić information content (AvgIpc) is 3.28. The molecule has 392 valence electrons. The Hall–Kier alpha value is -1.59. The van der Waals surface area contributed by atoms with Crippen molar-refractivity contribution in [3.63, 3.8) is 0 Å². The highest BCUT2D eigenvalue weighted by molar-refractivity contribution is 5.71. The predicted molar refractivity (Wildman–Crippen MR) is 284 cm³/mol. The molecule has 0 radical (unpaired) electrons. The molecule has 6 nitrogen and oxygen atoms in total. The molecule has 66 heavy (non-hydrogen) atoms. The molecule has 0 bridgehead atoms. The Morgan fingerprint density at radius 3 is 0.652 bits per heavy atom. The summed E-state index contributed by atoms with van der Waals surface area (Å²) < 4.78 is 16.9. The van der Waals surface area contributed by atoms with Crippen molar-refractivity contribution >= 4 is 17.9 Å². The smallest absolute Gasteiger partial charge is 0.306 e. The van der Waals surface area contributed by atoms with E-state index < -0.39 is 6.10 Å². The summed E-state index contributed by atoms with van der Waals surface area (Å²) in [5.41, 5.74) is 0. The summed E-state index contributed by atoms with van der Waals surface area (Å²) in [6.45, 7) is 13.8. The number of carbonyl (C=O) groups is 3. The Morgan fingerprint density at radius 2 is 0.439 bits per heavy atom. The number of ether oxygens (including phenoxy) is 3. The molecular formula is C60H116O6. The van der Waals surface area contributed by atoms with Crippen molar-refractivity contribution in [3.8, 4) is 0 Å². The van der Waals surface area contributed by atoms with Crippen LogP contribution in [0.5, 0.6) is 0 Å². The Morgan fingerprint density at radius 1 is 0.258 bits per heavy atom. The normalized spacial score (nSPS) is 12.1. The minimum Gasteiger partial charge on any atom is -0.462 e. The van der Waals surface area contributed by atoms with E-state index in [9.17, 15) is 14.4 Å². The van der Waals surface area contributed by atoms with Crippen LogP contribution in [0.25, 0.3) is 0 Å². The lowest BCUT2D eigenvalue weighted by molar-refractivity contribution is -0.167. The van der Waals surface area contributed by atoms with Gasteiger partial charge in [-0.1, -0.05) is 292 Å².